The first-order valence-electron chi connectivity index (χ1n) is 8.11. The molecule has 0 saturated heterocycles. The minimum absolute atomic E-state index is 0.0574. The number of hydrogen-bond donors (Lipinski definition) is 3. The van der Waals surface area contributed by atoms with Crippen LogP contribution in [0.4, 0.5) is 10.1 Å². The average molecular weight is 361 g/mol. The van der Waals surface area contributed by atoms with Crippen LogP contribution in [0.1, 0.15) is 33.1 Å². The number of aliphatic hydroxyl groups is 1. The molecule has 1 aromatic carbocycles. The summed E-state index contributed by atoms with van der Waals surface area (Å²) in [6.07, 6.45) is 1.96. The first kappa shape index (κ1) is 20.8. The Balaban J connectivity index is 3.17. The molecular formula is C16H28FN3O3S. The minimum atomic E-state index is -3.94. The molecule has 6 nitrogen and oxygen atoms in total. The molecule has 0 amide bonds. The summed E-state index contributed by atoms with van der Waals surface area (Å²) in [4.78, 5) is -0.160. The van der Waals surface area contributed by atoms with Gasteiger partial charge in [0.05, 0.1) is 17.2 Å². The summed E-state index contributed by atoms with van der Waals surface area (Å²) in [5, 5.41) is 9.69. The summed E-state index contributed by atoms with van der Waals surface area (Å²) in [7, 11) is -3.94. The number of halogens is 1. The summed E-state index contributed by atoms with van der Waals surface area (Å²) in [6, 6.07) is 2.88. The number of benzene rings is 1. The van der Waals surface area contributed by atoms with Crippen LogP contribution in [0.5, 0.6) is 0 Å². The Kier molecular flexibility index (Phi) is 8.08. The lowest BCUT2D eigenvalue weighted by atomic mass is 10.1. The smallest absolute Gasteiger partial charge is 0.243 e. The molecular weight excluding hydrogens is 333 g/mol. The van der Waals surface area contributed by atoms with E-state index in [-0.39, 0.29) is 29.7 Å². The topological polar surface area (TPSA) is 110 Å². The molecule has 0 aliphatic heterocycles. The van der Waals surface area contributed by atoms with Gasteiger partial charge >= 0.3 is 0 Å². The third kappa shape index (κ3) is 5.41. The number of sulfonamides is 1. The number of nitrogen functional groups attached to an aromatic ring is 1. The van der Waals surface area contributed by atoms with E-state index in [1.54, 1.807) is 0 Å². The molecule has 0 aliphatic rings. The number of aliphatic hydroxyl groups excluding tert-OH is 1. The number of nitrogens with zero attached hydrogens (tertiary/aromatic N) is 1. The monoisotopic (exact) mass is 361 g/mol. The number of hydrogen-bond acceptors (Lipinski definition) is 5. The molecule has 1 rings (SSSR count). The van der Waals surface area contributed by atoms with Crippen molar-refractivity contribution in [2.45, 2.75) is 44.0 Å². The Labute approximate surface area is 143 Å². The Morgan fingerprint density at radius 2 is 1.96 bits per heavy atom. The van der Waals surface area contributed by atoms with Crippen LogP contribution in [0.2, 0.25) is 0 Å². The second-order valence-electron chi connectivity index (χ2n) is 6.27. The summed E-state index contributed by atoms with van der Waals surface area (Å²) >= 11 is 0. The van der Waals surface area contributed by atoms with Crippen molar-refractivity contribution in [1.82, 2.24) is 4.31 Å². The molecule has 24 heavy (non-hydrogen) atoms. The highest BCUT2D eigenvalue weighted by molar-refractivity contribution is 7.89. The molecule has 0 fully saturated rings. The van der Waals surface area contributed by atoms with E-state index in [2.05, 4.69) is 0 Å². The molecule has 0 aromatic heterocycles. The average Bonchev–Trinajstić information content (AvgIpc) is 2.52. The van der Waals surface area contributed by atoms with Crippen LogP contribution in [-0.4, -0.2) is 43.6 Å². The number of unbranched alkanes of at least 4 members (excludes halogenated alkanes) is 1. The van der Waals surface area contributed by atoms with Crippen LogP contribution in [-0.2, 0) is 10.0 Å². The fraction of sp³-hybridized carbons (Fsp3) is 0.625. The zero-order valence-electron chi connectivity index (χ0n) is 14.3. The summed E-state index contributed by atoms with van der Waals surface area (Å²) in [6.45, 7) is 4.23. The van der Waals surface area contributed by atoms with Crippen molar-refractivity contribution < 1.29 is 17.9 Å². The molecule has 0 saturated carbocycles. The van der Waals surface area contributed by atoms with E-state index in [1.807, 2.05) is 13.8 Å². The first-order valence-corrected chi connectivity index (χ1v) is 9.55. The van der Waals surface area contributed by atoms with E-state index in [0.717, 1.165) is 12.5 Å². The van der Waals surface area contributed by atoms with Crippen LogP contribution in [0.15, 0.2) is 23.1 Å². The van der Waals surface area contributed by atoms with Gasteiger partial charge in [-0.25, -0.2) is 12.8 Å². The lowest BCUT2D eigenvalue weighted by molar-refractivity contribution is 0.168. The molecule has 0 bridgehead atoms. The fourth-order valence-corrected chi connectivity index (χ4v) is 4.28. The van der Waals surface area contributed by atoms with E-state index >= 15 is 0 Å². The second kappa shape index (κ2) is 9.31. The van der Waals surface area contributed by atoms with E-state index < -0.39 is 21.9 Å². The van der Waals surface area contributed by atoms with Crippen molar-refractivity contribution >= 4 is 15.7 Å². The largest absolute Gasteiger partial charge is 0.396 e. The molecule has 138 valence electrons. The lowest BCUT2D eigenvalue weighted by Crippen LogP contribution is -2.44. The maximum atomic E-state index is 13.7. The molecule has 0 heterocycles. The Morgan fingerprint density at radius 3 is 2.46 bits per heavy atom. The fourth-order valence-electron chi connectivity index (χ4n) is 2.46. The van der Waals surface area contributed by atoms with Crippen molar-refractivity contribution in [3.05, 3.63) is 24.0 Å². The molecule has 1 aromatic rings. The highest BCUT2D eigenvalue weighted by Crippen LogP contribution is 2.24. The zero-order chi connectivity index (χ0) is 18.3. The molecule has 1 atom stereocenters. The van der Waals surface area contributed by atoms with Gasteiger partial charge in [0.25, 0.3) is 0 Å². The van der Waals surface area contributed by atoms with Crippen LogP contribution in [0, 0.1) is 11.7 Å². The van der Waals surface area contributed by atoms with Crippen LogP contribution >= 0.6 is 0 Å². The SMILES string of the molecule is CC(C)CN(C(CO)CCCCN)S(=O)(=O)c1ccc(N)c(F)c1. The predicted molar refractivity (Wildman–Crippen MR) is 93.3 cm³/mol. The third-order valence-electron chi connectivity index (χ3n) is 3.73. The van der Waals surface area contributed by atoms with Gasteiger partial charge < -0.3 is 16.6 Å². The Hall–Kier alpha value is -1.22. The van der Waals surface area contributed by atoms with Gasteiger partial charge in [-0.15, -0.1) is 0 Å². The minimum Gasteiger partial charge on any atom is -0.396 e. The number of nitrogens with two attached hydrogens (primary N) is 2. The van der Waals surface area contributed by atoms with Gasteiger partial charge in [0, 0.05) is 12.6 Å². The molecule has 5 N–H and O–H groups in total. The van der Waals surface area contributed by atoms with Gasteiger partial charge in [-0.05, 0) is 43.5 Å². The number of rotatable bonds is 10. The first-order chi connectivity index (χ1) is 11.2. The summed E-state index contributed by atoms with van der Waals surface area (Å²) < 4.78 is 40.9. The molecule has 1 unspecified atom stereocenters. The molecule has 0 radical (unpaired) electrons. The standard InChI is InChI=1S/C16H28FN3O3S/c1-12(2)10-20(13(11-21)5-3-4-8-18)24(22,23)14-6-7-16(19)15(17)9-14/h6-7,9,12-13,21H,3-5,8,10-11,18-19H2,1-2H3. The van der Waals surface area contributed by atoms with E-state index in [0.29, 0.717) is 19.4 Å². The van der Waals surface area contributed by atoms with Crippen LogP contribution in [0.3, 0.4) is 0 Å². The van der Waals surface area contributed by atoms with Crippen LogP contribution < -0.4 is 11.5 Å². The molecule has 0 aliphatic carbocycles. The molecule has 8 heteroatoms. The van der Waals surface area contributed by atoms with Gasteiger partial charge in [-0.2, -0.15) is 4.31 Å². The predicted octanol–water partition coefficient (Wildman–Crippen LogP) is 1.54. The van der Waals surface area contributed by atoms with E-state index in [9.17, 15) is 17.9 Å². The van der Waals surface area contributed by atoms with Crippen molar-refractivity contribution in [2.75, 3.05) is 25.4 Å². The van der Waals surface area contributed by atoms with Gasteiger partial charge in [0.2, 0.25) is 10.0 Å². The van der Waals surface area contributed by atoms with Gasteiger partial charge in [-0.3, -0.25) is 0 Å². The Morgan fingerprint density at radius 1 is 1.29 bits per heavy atom. The van der Waals surface area contributed by atoms with Crippen molar-refractivity contribution in [3.63, 3.8) is 0 Å². The van der Waals surface area contributed by atoms with E-state index in [4.69, 9.17) is 11.5 Å². The maximum absolute atomic E-state index is 13.7. The van der Waals surface area contributed by atoms with Gasteiger partial charge in [0.1, 0.15) is 5.82 Å². The lowest BCUT2D eigenvalue weighted by Gasteiger charge is -2.31. The normalized spacial score (nSPS) is 13.6. The summed E-state index contributed by atoms with van der Waals surface area (Å²) in [5.41, 5.74) is 10.8. The van der Waals surface area contributed by atoms with Crippen molar-refractivity contribution in [1.29, 1.82) is 0 Å². The second-order valence-corrected chi connectivity index (χ2v) is 8.16. The maximum Gasteiger partial charge on any atom is 0.243 e. The third-order valence-corrected chi connectivity index (χ3v) is 5.65. The van der Waals surface area contributed by atoms with Crippen LogP contribution in [0.25, 0.3) is 0 Å². The highest BCUT2D eigenvalue weighted by Gasteiger charge is 2.31. The van der Waals surface area contributed by atoms with Crippen molar-refractivity contribution in [2.24, 2.45) is 11.7 Å². The van der Waals surface area contributed by atoms with Gasteiger partial charge in [-0.1, -0.05) is 20.3 Å². The summed E-state index contributed by atoms with van der Waals surface area (Å²) in [5.74, 6) is -0.716. The van der Waals surface area contributed by atoms with E-state index in [1.165, 1.54) is 16.4 Å². The van der Waals surface area contributed by atoms with Crippen molar-refractivity contribution in [3.8, 4) is 0 Å². The molecule has 0 spiro atoms. The number of anilines is 1. The zero-order valence-corrected chi connectivity index (χ0v) is 15.1. The quantitative estimate of drug-likeness (QED) is 0.433. The Bertz CT molecular complexity index is 623. The van der Waals surface area contributed by atoms with Gasteiger partial charge in [0.15, 0.2) is 0 Å². The highest BCUT2D eigenvalue weighted by atomic mass is 32.2.